The molecule has 0 N–H and O–H groups in total. The summed E-state index contributed by atoms with van der Waals surface area (Å²) in [7, 11) is 0. The summed E-state index contributed by atoms with van der Waals surface area (Å²) in [6.07, 6.45) is 3.65. The first-order valence-corrected chi connectivity index (χ1v) is 3.78. The molecule has 0 fully saturated rings. The minimum atomic E-state index is 0.102. The van der Waals surface area contributed by atoms with Crippen molar-refractivity contribution in [2.45, 2.75) is 13.3 Å². The van der Waals surface area contributed by atoms with Crippen LogP contribution in [0.1, 0.15) is 23.7 Å². The van der Waals surface area contributed by atoms with Gasteiger partial charge in [-0.25, -0.2) is 0 Å². The zero-order valence-corrected chi connectivity index (χ0v) is 7.08. The van der Waals surface area contributed by atoms with Gasteiger partial charge in [-0.3, -0.25) is 9.78 Å². The highest BCUT2D eigenvalue weighted by atomic mass is 16.1. The van der Waals surface area contributed by atoms with Crippen LogP contribution < -0.4 is 0 Å². The predicted molar refractivity (Wildman–Crippen MR) is 48.0 cm³/mol. The Hall–Kier alpha value is -1.44. The van der Waals surface area contributed by atoms with E-state index in [0.717, 1.165) is 5.57 Å². The van der Waals surface area contributed by atoms with Crippen LogP contribution in [0.2, 0.25) is 0 Å². The Balaban J connectivity index is 2.73. The van der Waals surface area contributed by atoms with Crippen molar-refractivity contribution in [3.05, 3.63) is 42.2 Å². The smallest absolute Gasteiger partial charge is 0.166 e. The average Bonchev–Trinajstić information content (AvgIpc) is 2.05. The molecule has 2 nitrogen and oxygen atoms in total. The van der Waals surface area contributed by atoms with Crippen LogP contribution in [0.5, 0.6) is 0 Å². The average molecular weight is 161 g/mol. The van der Waals surface area contributed by atoms with Crippen molar-refractivity contribution >= 4 is 5.78 Å². The number of aromatic nitrogens is 1. The van der Waals surface area contributed by atoms with Crippen LogP contribution >= 0.6 is 0 Å². The standard InChI is InChI=1S/C10H11NO/c1-8(2)7-10(12)9-3-5-11-6-4-9/h3-6H,1,7H2,2H3. The first-order valence-electron chi connectivity index (χ1n) is 3.78. The topological polar surface area (TPSA) is 30.0 Å². The SMILES string of the molecule is C=C(C)CC(=O)c1ccncc1. The van der Waals surface area contributed by atoms with E-state index < -0.39 is 0 Å². The quantitative estimate of drug-likeness (QED) is 0.502. The van der Waals surface area contributed by atoms with Gasteiger partial charge in [0.2, 0.25) is 0 Å². The Bertz CT molecular complexity index is 290. The number of hydrogen-bond acceptors (Lipinski definition) is 2. The largest absolute Gasteiger partial charge is 0.294 e. The third-order valence-corrected chi connectivity index (χ3v) is 1.46. The zero-order valence-electron chi connectivity index (χ0n) is 7.08. The molecule has 2 heteroatoms. The van der Waals surface area contributed by atoms with Crippen LogP contribution in [-0.2, 0) is 0 Å². The minimum absolute atomic E-state index is 0.102. The van der Waals surface area contributed by atoms with Crippen LogP contribution in [0.25, 0.3) is 0 Å². The summed E-state index contributed by atoms with van der Waals surface area (Å²) in [5.74, 6) is 0.102. The number of rotatable bonds is 3. The van der Waals surface area contributed by atoms with Gasteiger partial charge in [-0.05, 0) is 19.1 Å². The molecule has 12 heavy (non-hydrogen) atoms. The summed E-state index contributed by atoms with van der Waals surface area (Å²) in [6.45, 7) is 5.53. The molecule has 0 amide bonds. The summed E-state index contributed by atoms with van der Waals surface area (Å²) in [4.78, 5) is 15.2. The van der Waals surface area contributed by atoms with Crippen molar-refractivity contribution < 1.29 is 4.79 Å². The van der Waals surface area contributed by atoms with E-state index >= 15 is 0 Å². The molecule has 1 aromatic rings. The van der Waals surface area contributed by atoms with E-state index in [0.29, 0.717) is 12.0 Å². The second kappa shape index (κ2) is 3.81. The lowest BCUT2D eigenvalue weighted by Crippen LogP contribution is -1.98. The highest BCUT2D eigenvalue weighted by Gasteiger charge is 2.03. The molecule has 0 spiro atoms. The maximum atomic E-state index is 11.4. The fourth-order valence-corrected chi connectivity index (χ4v) is 0.914. The third-order valence-electron chi connectivity index (χ3n) is 1.46. The monoisotopic (exact) mass is 161 g/mol. The fourth-order valence-electron chi connectivity index (χ4n) is 0.914. The van der Waals surface area contributed by atoms with Crippen molar-refractivity contribution in [2.75, 3.05) is 0 Å². The molecule has 0 atom stereocenters. The Morgan fingerprint density at radius 1 is 1.50 bits per heavy atom. The van der Waals surface area contributed by atoms with Crippen molar-refractivity contribution in [1.29, 1.82) is 0 Å². The Labute approximate surface area is 71.9 Å². The van der Waals surface area contributed by atoms with Crippen molar-refractivity contribution in [3.8, 4) is 0 Å². The molecule has 0 bridgehead atoms. The van der Waals surface area contributed by atoms with Gasteiger partial charge in [0.1, 0.15) is 0 Å². The summed E-state index contributed by atoms with van der Waals surface area (Å²) in [5, 5.41) is 0. The van der Waals surface area contributed by atoms with E-state index in [9.17, 15) is 4.79 Å². The zero-order chi connectivity index (χ0) is 8.97. The molecule has 0 aliphatic heterocycles. The van der Waals surface area contributed by atoms with Crippen LogP contribution in [-0.4, -0.2) is 10.8 Å². The minimum Gasteiger partial charge on any atom is -0.294 e. The number of Topliss-reactive ketones (excluding diaryl/α,β-unsaturated/α-hetero) is 1. The number of allylic oxidation sites excluding steroid dienone is 1. The predicted octanol–water partition coefficient (Wildman–Crippen LogP) is 2.23. The van der Waals surface area contributed by atoms with Crippen molar-refractivity contribution in [1.82, 2.24) is 4.98 Å². The lowest BCUT2D eigenvalue weighted by atomic mass is 10.1. The second-order valence-electron chi connectivity index (χ2n) is 2.79. The van der Waals surface area contributed by atoms with E-state index in [2.05, 4.69) is 11.6 Å². The maximum Gasteiger partial charge on any atom is 0.166 e. The number of nitrogens with zero attached hydrogens (tertiary/aromatic N) is 1. The highest BCUT2D eigenvalue weighted by molar-refractivity contribution is 5.97. The molecule has 0 aliphatic rings. The van der Waals surface area contributed by atoms with E-state index in [1.807, 2.05) is 6.92 Å². The van der Waals surface area contributed by atoms with Crippen molar-refractivity contribution in [3.63, 3.8) is 0 Å². The van der Waals surface area contributed by atoms with E-state index in [1.165, 1.54) is 0 Å². The summed E-state index contributed by atoms with van der Waals surface area (Å²) in [6, 6.07) is 3.43. The highest BCUT2D eigenvalue weighted by Crippen LogP contribution is 2.05. The van der Waals surface area contributed by atoms with Gasteiger partial charge in [-0.15, -0.1) is 0 Å². The molecule has 0 unspecified atom stereocenters. The normalized spacial score (nSPS) is 9.42. The van der Waals surface area contributed by atoms with Gasteiger partial charge in [0, 0.05) is 24.4 Å². The molecular formula is C10H11NO. The molecule has 0 saturated heterocycles. The second-order valence-corrected chi connectivity index (χ2v) is 2.79. The number of pyridine rings is 1. The molecule has 1 rings (SSSR count). The number of carbonyl (C=O) groups is 1. The lowest BCUT2D eigenvalue weighted by molar-refractivity contribution is 0.0993. The Morgan fingerprint density at radius 3 is 2.58 bits per heavy atom. The molecular weight excluding hydrogens is 150 g/mol. The summed E-state index contributed by atoms with van der Waals surface area (Å²) >= 11 is 0. The molecule has 1 aromatic heterocycles. The third kappa shape index (κ3) is 2.31. The van der Waals surface area contributed by atoms with Crippen LogP contribution in [0, 0.1) is 0 Å². The van der Waals surface area contributed by atoms with E-state index in [-0.39, 0.29) is 5.78 Å². The van der Waals surface area contributed by atoms with Gasteiger partial charge in [0.15, 0.2) is 5.78 Å². The molecule has 0 saturated carbocycles. The fraction of sp³-hybridized carbons (Fsp3) is 0.200. The van der Waals surface area contributed by atoms with Crippen LogP contribution in [0.4, 0.5) is 0 Å². The van der Waals surface area contributed by atoms with Gasteiger partial charge in [-0.2, -0.15) is 0 Å². The molecule has 0 aromatic carbocycles. The van der Waals surface area contributed by atoms with Gasteiger partial charge >= 0.3 is 0 Å². The Morgan fingerprint density at radius 2 is 2.08 bits per heavy atom. The number of carbonyl (C=O) groups excluding carboxylic acids is 1. The van der Waals surface area contributed by atoms with Gasteiger partial charge < -0.3 is 0 Å². The van der Waals surface area contributed by atoms with Crippen molar-refractivity contribution in [2.24, 2.45) is 0 Å². The first kappa shape index (κ1) is 8.65. The number of hydrogen-bond donors (Lipinski definition) is 0. The number of ketones is 1. The summed E-state index contributed by atoms with van der Waals surface area (Å²) < 4.78 is 0. The summed E-state index contributed by atoms with van der Waals surface area (Å²) in [5.41, 5.74) is 1.59. The molecule has 0 aliphatic carbocycles. The first-order chi connectivity index (χ1) is 5.70. The van der Waals surface area contributed by atoms with Gasteiger partial charge in [0.05, 0.1) is 0 Å². The van der Waals surface area contributed by atoms with Gasteiger partial charge in [-0.1, -0.05) is 12.2 Å². The van der Waals surface area contributed by atoms with E-state index in [4.69, 9.17) is 0 Å². The van der Waals surface area contributed by atoms with Crippen LogP contribution in [0.15, 0.2) is 36.7 Å². The Kier molecular flexibility index (Phi) is 2.75. The maximum absolute atomic E-state index is 11.4. The molecule has 62 valence electrons. The van der Waals surface area contributed by atoms with Gasteiger partial charge in [0.25, 0.3) is 0 Å². The molecule has 0 radical (unpaired) electrons. The van der Waals surface area contributed by atoms with E-state index in [1.54, 1.807) is 24.5 Å². The molecule has 1 heterocycles. The lowest BCUT2D eigenvalue weighted by Gasteiger charge is -1.98. The van der Waals surface area contributed by atoms with Crippen LogP contribution in [0.3, 0.4) is 0 Å².